The van der Waals surface area contributed by atoms with Crippen LogP contribution >= 0.6 is 15.9 Å². The van der Waals surface area contributed by atoms with Crippen LogP contribution in [0, 0.1) is 17.0 Å². The second-order valence-electron chi connectivity index (χ2n) is 8.41. The van der Waals surface area contributed by atoms with Crippen LogP contribution in [0.25, 0.3) is 10.9 Å². The van der Waals surface area contributed by atoms with Crippen LogP contribution in [0.15, 0.2) is 75.0 Å². The molecule has 0 amide bonds. The van der Waals surface area contributed by atoms with E-state index in [0.29, 0.717) is 22.3 Å². The van der Waals surface area contributed by atoms with Crippen molar-refractivity contribution in [3.63, 3.8) is 0 Å². The highest BCUT2D eigenvalue weighted by Gasteiger charge is 2.17. The fraction of sp³-hybridized carbons (Fsp3) is 0.192. The summed E-state index contributed by atoms with van der Waals surface area (Å²) in [7, 11) is 0. The molecule has 0 atom stereocenters. The number of hydrogen-bond acceptors (Lipinski definition) is 6. The summed E-state index contributed by atoms with van der Waals surface area (Å²) in [5.74, 6) is 0.583. The third-order valence-corrected chi connectivity index (χ3v) is 5.82. The lowest BCUT2D eigenvalue weighted by atomic mass is 10.1. The number of benzene rings is 3. The van der Waals surface area contributed by atoms with E-state index in [4.69, 9.17) is 4.74 Å². The van der Waals surface area contributed by atoms with Gasteiger partial charge in [0.05, 0.1) is 22.0 Å². The number of halogens is 1. The van der Waals surface area contributed by atoms with Crippen LogP contribution in [0.5, 0.6) is 5.75 Å². The Morgan fingerprint density at radius 2 is 1.97 bits per heavy atom. The summed E-state index contributed by atoms with van der Waals surface area (Å²) >= 11 is 3.38. The van der Waals surface area contributed by atoms with Crippen molar-refractivity contribution in [3.8, 4) is 5.75 Å². The van der Waals surface area contributed by atoms with E-state index in [1.807, 2.05) is 51.1 Å². The van der Waals surface area contributed by atoms with Gasteiger partial charge in [-0.05, 0) is 42.8 Å². The van der Waals surface area contributed by atoms with E-state index in [2.05, 4.69) is 26.0 Å². The number of rotatable bonds is 7. The Morgan fingerprint density at radius 1 is 1.17 bits per heavy atom. The monoisotopic (exact) mass is 534 g/mol. The average Bonchev–Trinajstić information content (AvgIpc) is 2.82. The zero-order chi connectivity index (χ0) is 25.1. The maximum absolute atomic E-state index is 13.2. The van der Waals surface area contributed by atoms with Gasteiger partial charge in [0.15, 0.2) is 5.75 Å². The van der Waals surface area contributed by atoms with Crippen molar-refractivity contribution in [1.29, 1.82) is 0 Å². The van der Waals surface area contributed by atoms with E-state index in [0.717, 1.165) is 15.6 Å². The molecule has 1 aromatic heterocycles. The molecule has 0 spiro atoms. The molecular weight excluding hydrogens is 512 g/mol. The van der Waals surface area contributed by atoms with Crippen molar-refractivity contribution in [3.05, 3.63) is 108 Å². The first-order chi connectivity index (χ1) is 16.7. The average molecular weight is 535 g/mol. The Balaban J connectivity index is 1.68. The standard InChI is InChI=1S/C26H23BrN4O4/c1-16(2)25-29-22-9-8-20(27)13-21(22)26(32)30(25)28-14-18-7-10-24(23(12-18)31(33)34)35-15-19-6-4-5-17(3)11-19/h4-14,16H,15H2,1-3H3. The van der Waals surface area contributed by atoms with Gasteiger partial charge in [-0.25, -0.2) is 4.98 Å². The third kappa shape index (κ3) is 5.46. The molecule has 178 valence electrons. The highest BCUT2D eigenvalue weighted by Crippen LogP contribution is 2.28. The second-order valence-corrected chi connectivity index (χ2v) is 9.33. The Bertz CT molecular complexity index is 1510. The number of aromatic nitrogens is 2. The normalized spacial score (nSPS) is 11.5. The van der Waals surface area contributed by atoms with Crippen molar-refractivity contribution in [2.45, 2.75) is 33.3 Å². The largest absolute Gasteiger partial charge is 0.482 e. The van der Waals surface area contributed by atoms with E-state index < -0.39 is 4.92 Å². The van der Waals surface area contributed by atoms with Crippen LogP contribution in [0.2, 0.25) is 0 Å². The Labute approximate surface area is 210 Å². The summed E-state index contributed by atoms with van der Waals surface area (Å²) in [6.45, 7) is 6.02. The van der Waals surface area contributed by atoms with E-state index in [-0.39, 0.29) is 29.5 Å². The van der Waals surface area contributed by atoms with Gasteiger partial charge in [0.2, 0.25) is 0 Å². The Hall–Kier alpha value is -3.85. The molecule has 3 aromatic carbocycles. The summed E-state index contributed by atoms with van der Waals surface area (Å²) in [4.78, 5) is 29.0. The maximum Gasteiger partial charge on any atom is 0.311 e. The molecule has 0 unspecified atom stereocenters. The van der Waals surface area contributed by atoms with Crippen molar-refractivity contribution < 1.29 is 9.66 Å². The van der Waals surface area contributed by atoms with E-state index >= 15 is 0 Å². The third-order valence-electron chi connectivity index (χ3n) is 5.33. The summed E-state index contributed by atoms with van der Waals surface area (Å²) < 4.78 is 7.73. The molecule has 0 fully saturated rings. The highest BCUT2D eigenvalue weighted by molar-refractivity contribution is 9.10. The molecule has 0 saturated carbocycles. The molecular formula is C26H23BrN4O4. The molecule has 0 aliphatic rings. The molecule has 0 radical (unpaired) electrons. The van der Waals surface area contributed by atoms with E-state index in [1.165, 1.54) is 23.0 Å². The minimum Gasteiger partial charge on any atom is -0.482 e. The van der Waals surface area contributed by atoms with Gasteiger partial charge < -0.3 is 4.74 Å². The molecule has 0 N–H and O–H groups in total. The summed E-state index contributed by atoms with van der Waals surface area (Å²) in [5, 5.41) is 16.5. The SMILES string of the molecule is Cc1cccc(COc2ccc(C=Nn3c(C(C)C)nc4ccc(Br)cc4c3=O)cc2[N+](=O)[O-])c1. The molecule has 0 aliphatic heterocycles. The quantitative estimate of drug-likeness (QED) is 0.165. The first-order valence-corrected chi connectivity index (χ1v) is 11.8. The number of fused-ring (bicyclic) bond motifs is 1. The zero-order valence-corrected chi connectivity index (χ0v) is 21.0. The van der Waals surface area contributed by atoms with Crippen molar-refractivity contribution >= 4 is 38.7 Å². The van der Waals surface area contributed by atoms with Crippen LogP contribution in [0.4, 0.5) is 5.69 Å². The van der Waals surface area contributed by atoms with Crippen molar-refractivity contribution in [2.24, 2.45) is 5.10 Å². The summed E-state index contributed by atoms with van der Waals surface area (Å²) in [6, 6.07) is 17.6. The predicted molar refractivity (Wildman–Crippen MR) is 139 cm³/mol. The first-order valence-electron chi connectivity index (χ1n) is 11.0. The molecule has 0 aliphatic carbocycles. The van der Waals surface area contributed by atoms with Gasteiger partial charge in [-0.3, -0.25) is 14.9 Å². The van der Waals surface area contributed by atoms with Crippen molar-refractivity contribution in [1.82, 2.24) is 9.66 Å². The Morgan fingerprint density at radius 3 is 2.69 bits per heavy atom. The molecule has 0 bridgehead atoms. The summed E-state index contributed by atoms with van der Waals surface area (Å²) in [5.41, 5.74) is 2.54. The number of nitrogens with zero attached hydrogens (tertiary/aromatic N) is 4. The molecule has 9 heteroatoms. The molecule has 8 nitrogen and oxygen atoms in total. The number of hydrogen-bond donors (Lipinski definition) is 0. The van der Waals surface area contributed by atoms with Gasteiger partial charge in [-0.2, -0.15) is 9.78 Å². The van der Waals surface area contributed by atoms with Gasteiger partial charge in [-0.1, -0.05) is 59.6 Å². The minimum absolute atomic E-state index is 0.0698. The molecule has 4 aromatic rings. The smallest absolute Gasteiger partial charge is 0.311 e. The van der Waals surface area contributed by atoms with Crippen LogP contribution in [0.1, 0.15) is 42.3 Å². The number of aryl methyl sites for hydroxylation is 1. The summed E-state index contributed by atoms with van der Waals surface area (Å²) in [6.07, 6.45) is 1.41. The number of nitro groups is 1. The molecule has 0 saturated heterocycles. The second kappa shape index (κ2) is 10.2. The minimum atomic E-state index is -0.496. The zero-order valence-electron chi connectivity index (χ0n) is 19.4. The van der Waals surface area contributed by atoms with Gasteiger partial charge in [0.25, 0.3) is 5.56 Å². The van der Waals surface area contributed by atoms with Crippen molar-refractivity contribution in [2.75, 3.05) is 0 Å². The maximum atomic E-state index is 13.2. The molecule has 4 rings (SSSR count). The van der Waals surface area contributed by atoms with Gasteiger partial charge in [-0.15, -0.1) is 0 Å². The highest BCUT2D eigenvalue weighted by atomic mass is 79.9. The fourth-order valence-corrected chi connectivity index (χ4v) is 3.98. The Kier molecular flexibility index (Phi) is 7.07. The van der Waals surface area contributed by atoms with Gasteiger partial charge in [0.1, 0.15) is 12.4 Å². The lowest BCUT2D eigenvalue weighted by molar-refractivity contribution is -0.385. The van der Waals surface area contributed by atoms with Gasteiger partial charge in [0, 0.05) is 22.0 Å². The number of nitro benzene ring substituents is 1. The predicted octanol–water partition coefficient (Wildman–Crippen LogP) is 5.96. The molecule has 35 heavy (non-hydrogen) atoms. The van der Waals surface area contributed by atoms with Crippen LogP contribution < -0.4 is 10.3 Å². The first kappa shape index (κ1) is 24.3. The van der Waals surface area contributed by atoms with Crippen LogP contribution in [0.3, 0.4) is 0 Å². The molecule has 1 heterocycles. The van der Waals surface area contributed by atoms with E-state index in [1.54, 1.807) is 18.2 Å². The lowest BCUT2D eigenvalue weighted by Gasteiger charge is -2.12. The number of ether oxygens (including phenoxy) is 1. The van der Waals surface area contributed by atoms with Gasteiger partial charge >= 0.3 is 5.69 Å². The van der Waals surface area contributed by atoms with E-state index in [9.17, 15) is 14.9 Å². The topological polar surface area (TPSA) is 99.6 Å². The lowest BCUT2D eigenvalue weighted by Crippen LogP contribution is -2.23. The van der Waals surface area contributed by atoms with Crippen LogP contribution in [-0.2, 0) is 6.61 Å². The van der Waals surface area contributed by atoms with Crippen LogP contribution in [-0.4, -0.2) is 20.8 Å². The fourth-order valence-electron chi connectivity index (χ4n) is 3.62.